The fourth-order valence-corrected chi connectivity index (χ4v) is 2.54. The van der Waals surface area contributed by atoms with Crippen molar-refractivity contribution in [1.29, 1.82) is 0 Å². The lowest BCUT2D eigenvalue weighted by molar-refractivity contribution is -0.141. The Morgan fingerprint density at radius 1 is 1.47 bits per heavy atom. The molecule has 1 aromatic carbocycles. The van der Waals surface area contributed by atoms with Gasteiger partial charge in [0.05, 0.1) is 12.0 Å². The molecule has 0 aliphatic heterocycles. The molecule has 0 spiro atoms. The fourth-order valence-electron chi connectivity index (χ4n) is 1.74. The molecule has 0 radical (unpaired) electrons. The van der Waals surface area contributed by atoms with Gasteiger partial charge in [-0.1, -0.05) is 13.0 Å². The molecule has 7 heteroatoms. The first-order valence-corrected chi connectivity index (χ1v) is 7.32. The van der Waals surface area contributed by atoms with Gasteiger partial charge in [0.2, 0.25) is 10.0 Å². The number of sulfonamides is 1. The molecule has 0 aromatic heterocycles. The van der Waals surface area contributed by atoms with Crippen LogP contribution in [0.2, 0.25) is 0 Å². The van der Waals surface area contributed by atoms with E-state index in [1.54, 1.807) is 19.1 Å². The van der Waals surface area contributed by atoms with E-state index in [-0.39, 0.29) is 4.90 Å². The summed E-state index contributed by atoms with van der Waals surface area (Å²) in [6, 6.07) is 4.16. The summed E-state index contributed by atoms with van der Waals surface area (Å²) in [5.41, 5.74) is 1.02. The highest BCUT2D eigenvalue weighted by Crippen LogP contribution is 2.23. The van der Waals surface area contributed by atoms with Gasteiger partial charge in [0, 0.05) is 5.69 Å². The van der Waals surface area contributed by atoms with E-state index in [2.05, 4.69) is 10.1 Å². The summed E-state index contributed by atoms with van der Waals surface area (Å²) in [6.45, 7) is 3.46. The highest BCUT2D eigenvalue weighted by Gasteiger charge is 2.19. The van der Waals surface area contributed by atoms with E-state index in [1.165, 1.54) is 13.2 Å². The Labute approximate surface area is 113 Å². The number of nitrogens with two attached hydrogens (primary N) is 1. The smallest absolute Gasteiger partial charge is 0.328 e. The lowest BCUT2D eigenvalue weighted by Crippen LogP contribution is -2.30. The van der Waals surface area contributed by atoms with Crippen molar-refractivity contribution in [2.45, 2.75) is 31.2 Å². The molecular weight excluding hydrogens is 268 g/mol. The number of nitrogens with one attached hydrogen (secondary N) is 1. The summed E-state index contributed by atoms with van der Waals surface area (Å²) in [7, 11) is -2.47. The van der Waals surface area contributed by atoms with Crippen molar-refractivity contribution in [2.75, 3.05) is 12.4 Å². The highest BCUT2D eigenvalue weighted by molar-refractivity contribution is 7.89. The third-order valence-corrected chi connectivity index (χ3v) is 3.87. The predicted octanol–water partition coefficient (Wildman–Crippen LogP) is 1.01. The van der Waals surface area contributed by atoms with Crippen LogP contribution in [0.25, 0.3) is 0 Å². The SMILES string of the molecule is CCC(Nc1cccc(S(N)(=O)=O)c1C)C(=O)OC. The first-order chi connectivity index (χ1) is 8.81. The van der Waals surface area contributed by atoms with Crippen LogP contribution in [-0.2, 0) is 19.6 Å². The molecule has 19 heavy (non-hydrogen) atoms. The van der Waals surface area contributed by atoms with Crippen LogP contribution in [0.15, 0.2) is 23.1 Å². The Bertz CT molecular complexity index is 569. The van der Waals surface area contributed by atoms with Crippen molar-refractivity contribution in [3.8, 4) is 0 Å². The first-order valence-electron chi connectivity index (χ1n) is 5.78. The number of ether oxygens (including phenoxy) is 1. The lowest BCUT2D eigenvalue weighted by Gasteiger charge is -2.18. The second-order valence-corrected chi connectivity index (χ2v) is 5.63. The summed E-state index contributed by atoms with van der Waals surface area (Å²) in [5.74, 6) is -0.400. The largest absolute Gasteiger partial charge is 0.467 e. The van der Waals surface area contributed by atoms with Crippen LogP contribution in [0, 0.1) is 6.92 Å². The minimum absolute atomic E-state index is 0.0391. The van der Waals surface area contributed by atoms with Gasteiger partial charge in [-0.25, -0.2) is 18.4 Å². The van der Waals surface area contributed by atoms with E-state index in [1.807, 2.05) is 6.92 Å². The minimum atomic E-state index is -3.78. The summed E-state index contributed by atoms with van der Waals surface area (Å²) in [4.78, 5) is 11.6. The number of hydrogen-bond donors (Lipinski definition) is 2. The average Bonchev–Trinajstić information content (AvgIpc) is 2.35. The molecular formula is C12H18N2O4S. The van der Waals surface area contributed by atoms with Gasteiger partial charge in [-0.3, -0.25) is 0 Å². The molecule has 3 N–H and O–H groups in total. The first kappa shape index (κ1) is 15.5. The molecule has 1 rings (SSSR count). The van der Waals surface area contributed by atoms with Crippen molar-refractivity contribution < 1.29 is 17.9 Å². The Morgan fingerprint density at radius 3 is 2.58 bits per heavy atom. The van der Waals surface area contributed by atoms with Crippen LogP contribution in [0.3, 0.4) is 0 Å². The number of methoxy groups -OCH3 is 1. The van der Waals surface area contributed by atoms with E-state index < -0.39 is 22.0 Å². The van der Waals surface area contributed by atoms with E-state index in [4.69, 9.17) is 5.14 Å². The Hall–Kier alpha value is -1.60. The van der Waals surface area contributed by atoms with Gasteiger partial charge < -0.3 is 10.1 Å². The summed E-state index contributed by atoms with van der Waals surface area (Å²) in [6.07, 6.45) is 0.520. The monoisotopic (exact) mass is 286 g/mol. The molecule has 0 bridgehead atoms. The summed E-state index contributed by atoms with van der Waals surface area (Å²) >= 11 is 0. The van der Waals surface area contributed by atoms with Gasteiger partial charge in [-0.15, -0.1) is 0 Å². The van der Waals surface area contributed by atoms with E-state index >= 15 is 0 Å². The number of benzene rings is 1. The molecule has 0 heterocycles. The van der Waals surface area contributed by atoms with Crippen molar-refractivity contribution in [3.63, 3.8) is 0 Å². The number of primary sulfonamides is 1. The molecule has 1 unspecified atom stereocenters. The van der Waals surface area contributed by atoms with Crippen LogP contribution < -0.4 is 10.5 Å². The fraction of sp³-hybridized carbons (Fsp3) is 0.417. The zero-order valence-corrected chi connectivity index (χ0v) is 12.0. The van der Waals surface area contributed by atoms with Gasteiger partial charge in [-0.2, -0.15) is 0 Å². The zero-order valence-electron chi connectivity index (χ0n) is 11.1. The van der Waals surface area contributed by atoms with Gasteiger partial charge in [-0.05, 0) is 31.0 Å². The number of carbonyl (C=O) groups excluding carboxylic acids is 1. The second-order valence-electron chi connectivity index (χ2n) is 4.10. The van der Waals surface area contributed by atoms with Gasteiger partial charge >= 0.3 is 5.97 Å². The highest BCUT2D eigenvalue weighted by atomic mass is 32.2. The molecule has 6 nitrogen and oxygen atoms in total. The van der Waals surface area contributed by atoms with Gasteiger partial charge in [0.25, 0.3) is 0 Å². The van der Waals surface area contributed by atoms with Crippen molar-refractivity contribution in [3.05, 3.63) is 23.8 Å². The van der Waals surface area contributed by atoms with E-state index in [0.717, 1.165) is 0 Å². The third kappa shape index (κ3) is 3.68. The molecule has 0 aliphatic rings. The minimum Gasteiger partial charge on any atom is -0.467 e. The van der Waals surface area contributed by atoms with Gasteiger partial charge in [0.1, 0.15) is 6.04 Å². The maximum Gasteiger partial charge on any atom is 0.328 e. The Kier molecular flexibility index (Phi) is 4.90. The van der Waals surface area contributed by atoms with Crippen LogP contribution in [0.5, 0.6) is 0 Å². The third-order valence-electron chi connectivity index (χ3n) is 2.81. The zero-order chi connectivity index (χ0) is 14.6. The van der Waals surface area contributed by atoms with Crippen LogP contribution in [0.4, 0.5) is 5.69 Å². The van der Waals surface area contributed by atoms with Crippen molar-refractivity contribution in [2.24, 2.45) is 5.14 Å². The lowest BCUT2D eigenvalue weighted by atomic mass is 10.1. The maximum absolute atomic E-state index is 11.5. The van der Waals surface area contributed by atoms with Crippen LogP contribution in [0.1, 0.15) is 18.9 Å². The summed E-state index contributed by atoms with van der Waals surface area (Å²) in [5, 5.41) is 8.09. The second kappa shape index (κ2) is 6.03. The molecule has 0 saturated carbocycles. The number of rotatable bonds is 5. The van der Waals surface area contributed by atoms with Gasteiger partial charge in [0.15, 0.2) is 0 Å². The Morgan fingerprint density at radius 2 is 2.11 bits per heavy atom. The van der Waals surface area contributed by atoms with Crippen LogP contribution in [-0.4, -0.2) is 27.5 Å². The maximum atomic E-state index is 11.5. The normalized spacial score (nSPS) is 12.8. The van der Waals surface area contributed by atoms with E-state index in [0.29, 0.717) is 17.7 Å². The number of hydrogen-bond acceptors (Lipinski definition) is 5. The topological polar surface area (TPSA) is 98.5 Å². The number of carbonyl (C=O) groups is 1. The standard InChI is InChI=1S/C12H18N2O4S/c1-4-9(12(15)18-3)14-10-6-5-7-11(8(10)2)19(13,16)17/h5-7,9,14H,4H2,1-3H3,(H2,13,16,17). The predicted molar refractivity (Wildman–Crippen MR) is 72.3 cm³/mol. The molecule has 1 aromatic rings. The quantitative estimate of drug-likeness (QED) is 0.787. The molecule has 106 valence electrons. The van der Waals surface area contributed by atoms with Crippen LogP contribution >= 0.6 is 0 Å². The van der Waals surface area contributed by atoms with E-state index in [9.17, 15) is 13.2 Å². The molecule has 0 fully saturated rings. The average molecular weight is 286 g/mol. The molecule has 0 saturated heterocycles. The van der Waals surface area contributed by atoms with Crippen molar-refractivity contribution in [1.82, 2.24) is 0 Å². The Balaban J connectivity index is 3.13. The molecule has 1 atom stereocenters. The molecule has 0 aliphatic carbocycles. The summed E-state index contributed by atoms with van der Waals surface area (Å²) < 4.78 is 27.5. The number of esters is 1. The number of anilines is 1. The van der Waals surface area contributed by atoms with Crippen molar-refractivity contribution >= 4 is 21.7 Å². The molecule has 0 amide bonds.